The van der Waals surface area contributed by atoms with E-state index in [4.69, 9.17) is 10.3 Å². The molecule has 0 unspecified atom stereocenters. The van der Waals surface area contributed by atoms with Crippen molar-refractivity contribution in [2.75, 3.05) is 19.6 Å². The molecule has 1 amide bonds. The van der Waals surface area contributed by atoms with Crippen LogP contribution in [0.1, 0.15) is 36.4 Å². The Bertz CT molecular complexity index is 622. The number of halogens is 1. The van der Waals surface area contributed by atoms with E-state index in [1.807, 2.05) is 36.9 Å². The number of nitrogens with two attached hydrogens (primary N) is 1. The van der Waals surface area contributed by atoms with E-state index in [0.29, 0.717) is 26.1 Å². The first-order chi connectivity index (χ1) is 11.7. The zero-order chi connectivity index (χ0) is 17.4. The first-order valence-corrected chi connectivity index (χ1v) is 8.67. The Kier molecular flexibility index (Phi) is 9.24. The van der Waals surface area contributed by atoms with Crippen molar-refractivity contribution in [1.82, 2.24) is 10.1 Å². The summed E-state index contributed by atoms with van der Waals surface area (Å²) in [6, 6.07) is 10.2. The third-order valence-corrected chi connectivity index (χ3v) is 4.20. The van der Waals surface area contributed by atoms with Gasteiger partial charge in [-0.25, -0.2) is 0 Å². The van der Waals surface area contributed by atoms with Gasteiger partial charge < -0.3 is 15.2 Å². The summed E-state index contributed by atoms with van der Waals surface area (Å²) in [5, 5.41) is 4.09. The average molecular weight is 366 g/mol. The standard InChI is InChI=1S/C19H27N3O2.ClH/c1-3-17-16(18(4-2)24-21-17)14-19(23)22(13-11-20)12-10-15-8-6-5-7-9-15;/h5-9H,3-4,10-14,20H2,1-2H3;1H. The predicted octanol–water partition coefficient (Wildman–Crippen LogP) is 2.79. The molecule has 0 saturated carbocycles. The third kappa shape index (κ3) is 5.87. The van der Waals surface area contributed by atoms with E-state index in [0.717, 1.165) is 36.3 Å². The van der Waals surface area contributed by atoms with Crippen LogP contribution in [0.15, 0.2) is 34.9 Å². The maximum atomic E-state index is 12.8. The van der Waals surface area contributed by atoms with Crippen molar-refractivity contribution in [3.8, 4) is 0 Å². The molecule has 2 rings (SSSR count). The maximum absolute atomic E-state index is 12.8. The fourth-order valence-corrected chi connectivity index (χ4v) is 2.83. The Morgan fingerprint density at radius 1 is 1.16 bits per heavy atom. The van der Waals surface area contributed by atoms with Gasteiger partial charge in [0.25, 0.3) is 0 Å². The number of aromatic nitrogens is 1. The maximum Gasteiger partial charge on any atom is 0.227 e. The Balaban J connectivity index is 0.00000312. The van der Waals surface area contributed by atoms with Gasteiger partial charge >= 0.3 is 0 Å². The van der Waals surface area contributed by atoms with Gasteiger partial charge in [0.1, 0.15) is 5.76 Å². The lowest BCUT2D eigenvalue weighted by Crippen LogP contribution is -2.38. The smallest absolute Gasteiger partial charge is 0.227 e. The number of nitrogens with zero attached hydrogens (tertiary/aromatic N) is 2. The lowest BCUT2D eigenvalue weighted by Gasteiger charge is -2.22. The number of hydrogen-bond acceptors (Lipinski definition) is 4. The summed E-state index contributed by atoms with van der Waals surface area (Å²) >= 11 is 0. The SMILES string of the molecule is CCc1noc(CC)c1CC(=O)N(CCN)CCc1ccccc1.Cl. The van der Waals surface area contributed by atoms with E-state index < -0.39 is 0 Å². The topological polar surface area (TPSA) is 72.4 Å². The molecule has 1 heterocycles. The van der Waals surface area contributed by atoms with Crippen molar-refractivity contribution in [3.63, 3.8) is 0 Å². The normalized spacial score (nSPS) is 10.4. The highest BCUT2D eigenvalue weighted by molar-refractivity contribution is 5.85. The molecule has 2 N–H and O–H groups in total. The molecule has 0 fully saturated rings. The van der Waals surface area contributed by atoms with Crippen LogP contribution in [-0.2, 0) is 30.5 Å². The minimum absolute atomic E-state index is 0. The van der Waals surface area contributed by atoms with Crippen molar-refractivity contribution in [3.05, 3.63) is 52.9 Å². The Labute approximate surface area is 156 Å². The van der Waals surface area contributed by atoms with E-state index in [1.54, 1.807) is 0 Å². The van der Waals surface area contributed by atoms with Crippen LogP contribution in [0.4, 0.5) is 0 Å². The zero-order valence-corrected chi connectivity index (χ0v) is 15.8. The number of benzene rings is 1. The molecule has 2 aromatic rings. The van der Waals surface area contributed by atoms with E-state index in [-0.39, 0.29) is 18.3 Å². The minimum atomic E-state index is 0. The number of carbonyl (C=O) groups excluding carboxylic acids is 1. The predicted molar refractivity (Wildman–Crippen MR) is 102 cm³/mol. The van der Waals surface area contributed by atoms with Crippen molar-refractivity contribution >= 4 is 18.3 Å². The van der Waals surface area contributed by atoms with Gasteiger partial charge in [0, 0.05) is 31.6 Å². The molecule has 0 spiro atoms. The van der Waals surface area contributed by atoms with Crippen molar-refractivity contribution in [2.45, 2.75) is 39.5 Å². The van der Waals surface area contributed by atoms with Crippen molar-refractivity contribution in [1.29, 1.82) is 0 Å². The fourth-order valence-electron chi connectivity index (χ4n) is 2.83. The van der Waals surface area contributed by atoms with Gasteiger partial charge in [0.05, 0.1) is 12.1 Å². The molecule has 0 aliphatic rings. The Morgan fingerprint density at radius 3 is 2.48 bits per heavy atom. The molecule has 0 bridgehead atoms. The first kappa shape index (κ1) is 21.2. The van der Waals surface area contributed by atoms with E-state index in [1.165, 1.54) is 5.56 Å². The molecule has 0 radical (unpaired) electrons. The monoisotopic (exact) mass is 365 g/mol. The molecule has 1 aromatic heterocycles. The molecular weight excluding hydrogens is 338 g/mol. The van der Waals surface area contributed by atoms with Gasteiger partial charge in [0.15, 0.2) is 0 Å². The molecule has 138 valence electrons. The van der Waals surface area contributed by atoms with Gasteiger partial charge in [-0.2, -0.15) is 0 Å². The van der Waals surface area contributed by atoms with Crippen LogP contribution in [0.2, 0.25) is 0 Å². The molecule has 1 aromatic carbocycles. The second-order valence-electron chi connectivity index (χ2n) is 5.82. The van der Waals surface area contributed by atoms with Crippen LogP contribution in [0.5, 0.6) is 0 Å². The quantitative estimate of drug-likeness (QED) is 0.741. The summed E-state index contributed by atoms with van der Waals surface area (Å²) in [5.41, 5.74) is 8.76. The molecule has 0 aliphatic carbocycles. The number of carbonyl (C=O) groups is 1. The lowest BCUT2D eigenvalue weighted by atomic mass is 10.1. The van der Waals surface area contributed by atoms with Crippen molar-refractivity contribution in [2.24, 2.45) is 5.73 Å². The summed E-state index contributed by atoms with van der Waals surface area (Å²) in [6.07, 6.45) is 2.69. The number of hydrogen-bond donors (Lipinski definition) is 1. The number of aryl methyl sites for hydroxylation is 2. The van der Waals surface area contributed by atoms with Gasteiger partial charge in [-0.15, -0.1) is 12.4 Å². The number of rotatable bonds is 9. The van der Waals surface area contributed by atoms with Crippen LogP contribution in [0, 0.1) is 0 Å². The highest BCUT2D eigenvalue weighted by Gasteiger charge is 2.20. The van der Waals surface area contributed by atoms with Crippen LogP contribution < -0.4 is 5.73 Å². The molecule has 0 saturated heterocycles. The van der Waals surface area contributed by atoms with Gasteiger partial charge in [-0.1, -0.05) is 49.3 Å². The molecule has 5 nitrogen and oxygen atoms in total. The summed E-state index contributed by atoms with van der Waals surface area (Å²) in [5.74, 6) is 0.903. The highest BCUT2D eigenvalue weighted by atomic mass is 35.5. The van der Waals surface area contributed by atoms with Crippen LogP contribution >= 0.6 is 12.4 Å². The molecule has 25 heavy (non-hydrogen) atoms. The second kappa shape index (κ2) is 10.9. The van der Waals surface area contributed by atoms with E-state index in [2.05, 4.69) is 17.3 Å². The van der Waals surface area contributed by atoms with Gasteiger partial charge in [0.2, 0.25) is 5.91 Å². The Morgan fingerprint density at radius 2 is 1.88 bits per heavy atom. The van der Waals surface area contributed by atoms with Crippen LogP contribution in [-0.4, -0.2) is 35.6 Å². The Hall–Kier alpha value is -1.85. The summed E-state index contributed by atoms with van der Waals surface area (Å²) in [4.78, 5) is 14.6. The van der Waals surface area contributed by atoms with Crippen LogP contribution in [0.25, 0.3) is 0 Å². The van der Waals surface area contributed by atoms with Crippen molar-refractivity contribution < 1.29 is 9.32 Å². The second-order valence-corrected chi connectivity index (χ2v) is 5.82. The highest BCUT2D eigenvalue weighted by Crippen LogP contribution is 2.17. The lowest BCUT2D eigenvalue weighted by molar-refractivity contribution is -0.130. The molecule has 0 aliphatic heterocycles. The largest absolute Gasteiger partial charge is 0.361 e. The summed E-state index contributed by atoms with van der Waals surface area (Å²) in [7, 11) is 0. The van der Waals surface area contributed by atoms with Gasteiger partial charge in [-0.3, -0.25) is 4.79 Å². The van der Waals surface area contributed by atoms with E-state index in [9.17, 15) is 4.79 Å². The third-order valence-electron chi connectivity index (χ3n) is 4.20. The first-order valence-electron chi connectivity index (χ1n) is 8.67. The molecule has 6 heteroatoms. The van der Waals surface area contributed by atoms with Crippen LogP contribution in [0.3, 0.4) is 0 Å². The molecule has 0 atom stereocenters. The summed E-state index contributed by atoms with van der Waals surface area (Å²) < 4.78 is 5.36. The number of amides is 1. The fraction of sp³-hybridized carbons (Fsp3) is 0.474. The zero-order valence-electron chi connectivity index (χ0n) is 15.0. The molecular formula is C19H28ClN3O2. The summed E-state index contributed by atoms with van der Waals surface area (Å²) in [6.45, 7) is 5.75. The van der Waals surface area contributed by atoms with Gasteiger partial charge in [-0.05, 0) is 18.4 Å². The average Bonchev–Trinajstić information content (AvgIpc) is 3.01. The van der Waals surface area contributed by atoms with E-state index >= 15 is 0 Å². The minimum Gasteiger partial charge on any atom is -0.361 e.